The van der Waals surface area contributed by atoms with E-state index in [1.807, 2.05) is 12.1 Å². The molecule has 0 unspecified atom stereocenters. The summed E-state index contributed by atoms with van der Waals surface area (Å²) >= 11 is 3.51. The molecule has 0 atom stereocenters. The van der Waals surface area contributed by atoms with Crippen LogP contribution in [0.2, 0.25) is 0 Å². The molecule has 1 N–H and O–H groups in total. The van der Waals surface area contributed by atoms with E-state index in [4.69, 9.17) is 4.74 Å². The molecule has 1 saturated heterocycles. The summed E-state index contributed by atoms with van der Waals surface area (Å²) in [4.78, 5) is 2.36. The number of hydrogen-bond donors (Lipinski definition) is 1. The molecule has 4 heteroatoms. The van der Waals surface area contributed by atoms with E-state index < -0.39 is 0 Å². The van der Waals surface area contributed by atoms with Gasteiger partial charge in [-0.05, 0) is 31.2 Å². The minimum atomic E-state index is 0.804. The molecular weight excluding hydrogens is 280 g/mol. The van der Waals surface area contributed by atoms with Crippen LogP contribution >= 0.6 is 15.9 Å². The van der Waals surface area contributed by atoms with Crippen molar-refractivity contribution in [2.75, 3.05) is 33.8 Å². The maximum Gasteiger partial charge on any atom is 0.123 e. The van der Waals surface area contributed by atoms with Gasteiger partial charge in [0.25, 0.3) is 0 Å². The van der Waals surface area contributed by atoms with E-state index in [1.54, 1.807) is 7.11 Å². The number of benzene rings is 1. The fourth-order valence-corrected chi connectivity index (χ4v) is 2.55. The van der Waals surface area contributed by atoms with Gasteiger partial charge in [0.2, 0.25) is 0 Å². The number of halogens is 1. The summed E-state index contributed by atoms with van der Waals surface area (Å²) in [7, 11) is 3.89. The smallest absolute Gasteiger partial charge is 0.123 e. The first-order chi connectivity index (χ1) is 8.19. The van der Waals surface area contributed by atoms with Gasteiger partial charge in [-0.2, -0.15) is 0 Å². The summed E-state index contributed by atoms with van der Waals surface area (Å²) in [5, 5.41) is 3.30. The average Bonchev–Trinajstić information content (AvgIpc) is 2.24. The predicted molar refractivity (Wildman–Crippen MR) is 73.4 cm³/mol. The molecular formula is C13H19BrN2O. The third-order valence-electron chi connectivity index (χ3n) is 3.12. The van der Waals surface area contributed by atoms with Crippen LogP contribution in [0.3, 0.4) is 0 Å². The van der Waals surface area contributed by atoms with Crippen LogP contribution in [0.5, 0.6) is 5.75 Å². The number of nitrogens with one attached hydrogen (secondary N) is 1. The first-order valence-corrected chi connectivity index (χ1v) is 6.70. The Morgan fingerprint density at radius 1 is 1.47 bits per heavy atom. The Kier molecular flexibility index (Phi) is 4.42. The molecule has 3 nitrogen and oxygen atoms in total. The van der Waals surface area contributed by atoms with Gasteiger partial charge in [0.05, 0.1) is 7.11 Å². The summed E-state index contributed by atoms with van der Waals surface area (Å²) in [5.74, 6) is 1.77. The highest BCUT2D eigenvalue weighted by molar-refractivity contribution is 9.10. The van der Waals surface area contributed by atoms with E-state index >= 15 is 0 Å². The number of nitrogens with zero attached hydrogens (tertiary/aromatic N) is 1. The zero-order chi connectivity index (χ0) is 12.3. The summed E-state index contributed by atoms with van der Waals surface area (Å²) in [5.41, 5.74) is 1.23. The van der Waals surface area contributed by atoms with Crippen molar-refractivity contribution in [1.82, 2.24) is 10.2 Å². The van der Waals surface area contributed by atoms with Gasteiger partial charge in [0.15, 0.2) is 0 Å². The zero-order valence-corrected chi connectivity index (χ0v) is 12.0. The molecule has 1 heterocycles. The third-order valence-corrected chi connectivity index (χ3v) is 3.61. The normalized spacial score (nSPS) is 16.0. The third kappa shape index (κ3) is 3.44. The molecule has 1 aliphatic rings. The summed E-state index contributed by atoms with van der Waals surface area (Å²) < 4.78 is 6.49. The molecule has 0 bridgehead atoms. The highest BCUT2D eigenvalue weighted by Gasteiger charge is 2.18. The summed E-state index contributed by atoms with van der Waals surface area (Å²) in [6, 6.07) is 6.16. The van der Waals surface area contributed by atoms with E-state index in [1.165, 1.54) is 5.56 Å². The molecule has 1 aliphatic heterocycles. The Morgan fingerprint density at radius 3 is 2.82 bits per heavy atom. The topological polar surface area (TPSA) is 24.5 Å². The molecule has 0 aromatic heterocycles. The highest BCUT2D eigenvalue weighted by atomic mass is 79.9. The standard InChI is InChI=1S/C13H19BrN2O/c1-16(8-10-6-15-7-10)9-11-5-12(14)3-4-13(11)17-2/h3-5,10,15H,6-9H2,1-2H3. The number of methoxy groups -OCH3 is 1. The van der Waals surface area contributed by atoms with Gasteiger partial charge in [0, 0.05) is 36.2 Å². The van der Waals surface area contributed by atoms with Crippen LogP contribution in [0, 0.1) is 5.92 Å². The molecule has 0 amide bonds. The van der Waals surface area contributed by atoms with Crippen molar-refractivity contribution < 1.29 is 4.74 Å². The summed E-state index contributed by atoms with van der Waals surface area (Å²) in [6.07, 6.45) is 0. The molecule has 0 radical (unpaired) electrons. The minimum Gasteiger partial charge on any atom is -0.496 e. The molecule has 17 heavy (non-hydrogen) atoms. The molecule has 1 fully saturated rings. The van der Waals surface area contributed by atoms with Gasteiger partial charge in [-0.3, -0.25) is 0 Å². The Balaban J connectivity index is 1.98. The molecule has 0 saturated carbocycles. The largest absolute Gasteiger partial charge is 0.496 e. The quantitative estimate of drug-likeness (QED) is 0.901. The predicted octanol–water partition coefficient (Wildman–Crippen LogP) is 2.11. The van der Waals surface area contributed by atoms with Gasteiger partial charge in [0.1, 0.15) is 5.75 Å². The van der Waals surface area contributed by atoms with E-state index in [-0.39, 0.29) is 0 Å². The number of hydrogen-bond acceptors (Lipinski definition) is 3. The van der Waals surface area contributed by atoms with Crippen molar-refractivity contribution in [2.45, 2.75) is 6.54 Å². The van der Waals surface area contributed by atoms with E-state index in [0.717, 1.165) is 42.3 Å². The molecule has 1 aromatic rings. The summed E-state index contributed by atoms with van der Waals surface area (Å²) in [6.45, 7) is 4.38. The Hall–Kier alpha value is -0.580. The zero-order valence-electron chi connectivity index (χ0n) is 10.4. The van der Waals surface area contributed by atoms with Crippen LogP contribution in [0.1, 0.15) is 5.56 Å². The van der Waals surface area contributed by atoms with Gasteiger partial charge in [-0.1, -0.05) is 15.9 Å². The van der Waals surface area contributed by atoms with Gasteiger partial charge >= 0.3 is 0 Å². The fraction of sp³-hybridized carbons (Fsp3) is 0.538. The molecule has 0 aliphatic carbocycles. The SMILES string of the molecule is COc1ccc(Br)cc1CN(C)CC1CNC1. The second-order valence-electron chi connectivity index (χ2n) is 4.68. The molecule has 0 spiro atoms. The van der Waals surface area contributed by atoms with Crippen LogP contribution in [-0.4, -0.2) is 38.7 Å². The molecule has 2 rings (SSSR count). The number of ether oxygens (including phenoxy) is 1. The first kappa shape index (κ1) is 12.9. The number of rotatable bonds is 5. The van der Waals surface area contributed by atoms with Crippen molar-refractivity contribution in [3.05, 3.63) is 28.2 Å². The lowest BCUT2D eigenvalue weighted by Crippen LogP contribution is -2.47. The maximum absolute atomic E-state index is 5.39. The second kappa shape index (κ2) is 5.85. The lowest BCUT2D eigenvalue weighted by molar-refractivity contribution is 0.217. The van der Waals surface area contributed by atoms with Crippen LogP contribution in [-0.2, 0) is 6.54 Å². The van der Waals surface area contributed by atoms with Crippen molar-refractivity contribution in [1.29, 1.82) is 0 Å². The average molecular weight is 299 g/mol. The van der Waals surface area contributed by atoms with Crippen LogP contribution < -0.4 is 10.1 Å². The van der Waals surface area contributed by atoms with Gasteiger partial charge in [-0.15, -0.1) is 0 Å². The first-order valence-electron chi connectivity index (χ1n) is 5.90. The Morgan fingerprint density at radius 2 is 2.24 bits per heavy atom. The van der Waals surface area contributed by atoms with Crippen LogP contribution in [0.4, 0.5) is 0 Å². The second-order valence-corrected chi connectivity index (χ2v) is 5.59. The van der Waals surface area contributed by atoms with Gasteiger partial charge < -0.3 is 15.0 Å². The monoisotopic (exact) mass is 298 g/mol. The van der Waals surface area contributed by atoms with E-state index in [2.05, 4.69) is 39.3 Å². The minimum absolute atomic E-state index is 0.804. The Bertz CT molecular complexity index is 380. The van der Waals surface area contributed by atoms with Crippen molar-refractivity contribution in [3.8, 4) is 5.75 Å². The van der Waals surface area contributed by atoms with Crippen LogP contribution in [0.15, 0.2) is 22.7 Å². The lowest BCUT2D eigenvalue weighted by atomic mass is 10.0. The molecule has 94 valence electrons. The lowest BCUT2D eigenvalue weighted by Gasteiger charge is -2.31. The van der Waals surface area contributed by atoms with E-state index in [0.29, 0.717) is 0 Å². The van der Waals surface area contributed by atoms with Crippen LogP contribution in [0.25, 0.3) is 0 Å². The maximum atomic E-state index is 5.39. The van der Waals surface area contributed by atoms with Crippen molar-refractivity contribution in [3.63, 3.8) is 0 Å². The van der Waals surface area contributed by atoms with Crippen molar-refractivity contribution in [2.24, 2.45) is 5.92 Å². The van der Waals surface area contributed by atoms with Crippen molar-refractivity contribution >= 4 is 15.9 Å². The van der Waals surface area contributed by atoms with E-state index in [9.17, 15) is 0 Å². The van der Waals surface area contributed by atoms with Gasteiger partial charge in [-0.25, -0.2) is 0 Å². The fourth-order valence-electron chi connectivity index (χ4n) is 2.14. The molecule has 1 aromatic carbocycles. The Labute approximate surface area is 111 Å². The highest BCUT2D eigenvalue weighted by Crippen LogP contribution is 2.24.